The number of aromatic carboxylic acids is 1. The number of sulfone groups is 1. The lowest BCUT2D eigenvalue weighted by Gasteiger charge is -2.17. The van der Waals surface area contributed by atoms with Crippen LogP contribution in [0.3, 0.4) is 0 Å². The fourth-order valence-electron chi connectivity index (χ4n) is 2.53. The Kier molecular flexibility index (Phi) is 5.71. The van der Waals surface area contributed by atoms with Gasteiger partial charge in [-0.1, -0.05) is 6.07 Å². The molecule has 1 heterocycles. The molecule has 0 aliphatic carbocycles. The van der Waals surface area contributed by atoms with Crippen LogP contribution in [-0.4, -0.2) is 52.1 Å². The van der Waals surface area contributed by atoms with E-state index in [4.69, 9.17) is 14.2 Å². The Balaban J connectivity index is 2.65. The van der Waals surface area contributed by atoms with Crippen molar-refractivity contribution >= 4 is 15.8 Å². The molecule has 0 bridgehead atoms. The number of ether oxygens (including phenoxy) is 3. The molecule has 0 radical (unpaired) electrons. The quantitative estimate of drug-likeness (QED) is 0.775. The molecule has 0 atom stereocenters. The molecule has 9 heteroatoms. The molecule has 26 heavy (non-hydrogen) atoms. The Morgan fingerprint density at radius 3 is 2.12 bits per heavy atom. The average molecular weight is 381 g/mol. The number of carboxylic acid groups (broad SMARTS) is 1. The monoisotopic (exact) mass is 381 g/mol. The van der Waals surface area contributed by atoms with E-state index in [0.29, 0.717) is 16.8 Å². The number of rotatable bonds is 7. The molecule has 0 fully saturated rings. The molecule has 140 valence electrons. The number of nitrogens with zero attached hydrogens (tertiary/aromatic N) is 1. The summed E-state index contributed by atoms with van der Waals surface area (Å²) in [4.78, 5) is 15.8. The smallest absolute Gasteiger partial charge is 0.339 e. The summed E-state index contributed by atoms with van der Waals surface area (Å²) >= 11 is 0. The van der Waals surface area contributed by atoms with Crippen LogP contribution in [0.5, 0.6) is 17.2 Å². The highest BCUT2D eigenvalue weighted by molar-refractivity contribution is 7.89. The summed E-state index contributed by atoms with van der Waals surface area (Å²) < 4.78 is 38.6. The summed E-state index contributed by atoms with van der Waals surface area (Å²) in [5, 5.41) is 9.46. The molecular weight excluding hydrogens is 362 g/mol. The van der Waals surface area contributed by atoms with E-state index in [2.05, 4.69) is 4.98 Å². The second-order valence-electron chi connectivity index (χ2n) is 5.50. The summed E-state index contributed by atoms with van der Waals surface area (Å²) in [5.41, 5.74) is 1.20. The third kappa shape index (κ3) is 4.05. The molecule has 0 aliphatic heterocycles. The highest BCUT2D eigenvalue weighted by Gasteiger charge is 2.25. The topological polar surface area (TPSA) is 112 Å². The van der Waals surface area contributed by atoms with Crippen molar-refractivity contribution in [3.8, 4) is 28.5 Å². The standard InChI is InChI=1S/C17H19NO7S/c1-23-14-11(7-12(17(19)20)15(24-2)16(14)25-3)13-6-5-10(8-18-13)9-26(4,21)22/h5-8H,9H2,1-4H3,(H,19,20). The van der Waals surface area contributed by atoms with Crippen LogP contribution in [0.2, 0.25) is 0 Å². The van der Waals surface area contributed by atoms with E-state index in [-0.39, 0.29) is 28.6 Å². The van der Waals surface area contributed by atoms with E-state index < -0.39 is 15.8 Å². The molecule has 2 aromatic rings. The first-order valence-electron chi connectivity index (χ1n) is 7.41. The number of aromatic nitrogens is 1. The normalized spacial score (nSPS) is 11.1. The molecular formula is C17H19NO7S. The lowest BCUT2D eigenvalue weighted by molar-refractivity contribution is 0.0692. The lowest BCUT2D eigenvalue weighted by atomic mass is 10.0. The Hall–Kier alpha value is -2.81. The SMILES string of the molecule is COc1c(C(=O)O)cc(-c2ccc(CS(C)(=O)=O)cn2)c(OC)c1OC. The molecule has 8 nitrogen and oxygen atoms in total. The van der Waals surface area contributed by atoms with Crippen LogP contribution in [-0.2, 0) is 15.6 Å². The number of methoxy groups -OCH3 is 3. The Morgan fingerprint density at radius 2 is 1.69 bits per heavy atom. The minimum Gasteiger partial charge on any atom is -0.492 e. The molecule has 0 spiro atoms. The van der Waals surface area contributed by atoms with Crippen molar-refractivity contribution in [2.45, 2.75) is 5.75 Å². The minimum atomic E-state index is -3.18. The van der Waals surface area contributed by atoms with Crippen LogP contribution >= 0.6 is 0 Å². The van der Waals surface area contributed by atoms with Gasteiger partial charge in [0.1, 0.15) is 5.56 Å². The first-order valence-corrected chi connectivity index (χ1v) is 9.47. The second-order valence-corrected chi connectivity index (χ2v) is 7.64. The molecule has 0 saturated carbocycles. The summed E-state index contributed by atoms with van der Waals surface area (Å²) in [6.07, 6.45) is 2.56. The van der Waals surface area contributed by atoms with Gasteiger partial charge >= 0.3 is 5.97 Å². The fraction of sp³-hybridized carbons (Fsp3) is 0.294. The molecule has 0 saturated heterocycles. The zero-order valence-corrected chi connectivity index (χ0v) is 15.6. The van der Waals surface area contributed by atoms with Gasteiger partial charge in [-0.2, -0.15) is 0 Å². The van der Waals surface area contributed by atoms with Gasteiger partial charge in [-0.25, -0.2) is 13.2 Å². The Bertz CT molecular complexity index is 921. The molecule has 1 aromatic carbocycles. The number of benzene rings is 1. The number of hydrogen-bond donors (Lipinski definition) is 1. The first kappa shape index (κ1) is 19.5. The van der Waals surface area contributed by atoms with E-state index >= 15 is 0 Å². The maximum atomic E-state index is 11.6. The van der Waals surface area contributed by atoms with Crippen molar-refractivity contribution in [2.24, 2.45) is 0 Å². The fourth-order valence-corrected chi connectivity index (χ4v) is 3.31. The van der Waals surface area contributed by atoms with Crippen LogP contribution in [0.4, 0.5) is 0 Å². The van der Waals surface area contributed by atoms with Gasteiger partial charge in [0.25, 0.3) is 0 Å². The second kappa shape index (κ2) is 7.61. The Labute approximate surface area is 151 Å². The number of hydrogen-bond acceptors (Lipinski definition) is 7. The minimum absolute atomic E-state index is 0.0364. The van der Waals surface area contributed by atoms with E-state index in [1.54, 1.807) is 12.1 Å². The van der Waals surface area contributed by atoms with Gasteiger partial charge in [-0.3, -0.25) is 4.98 Å². The van der Waals surface area contributed by atoms with Crippen molar-refractivity contribution in [1.29, 1.82) is 0 Å². The number of carbonyl (C=O) groups is 1. The molecule has 0 unspecified atom stereocenters. The van der Waals surface area contributed by atoms with Gasteiger partial charge in [-0.05, 0) is 17.7 Å². The summed E-state index contributed by atoms with van der Waals surface area (Å²) in [6.45, 7) is 0. The van der Waals surface area contributed by atoms with Crippen molar-refractivity contribution in [2.75, 3.05) is 27.6 Å². The third-order valence-corrected chi connectivity index (χ3v) is 4.42. The highest BCUT2D eigenvalue weighted by Crippen LogP contribution is 2.46. The lowest BCUT2D eigenvalue weighted by Crippen LogP contribution is -2.06. The van der Waals surface area contributed by atoms with Crippen molar-refractivity contribution in [1.82, 2.24) is 4.98 Å². The van der Waals surface area contributed by atoms with Crippen LogP contribution in [0, 0.1) is 0 Å². The maximum absolute atomic E-state index is 11.6. The molecule has 1 aromatic heterocycles. The zero-order chi connectivity index (χ0) is 19.5. The first-order chi connectivity index (χ1) is 12.2. The van der Waals surface area contributed by atoms with Crippen LogP contribution < -0.4 is 14.2 Å². The van der Waals surface area contributed by atoms with Crippen LogP contribution in [0.15, 0.2) is 24.4 Å². The van der Waals surface area contributed by atoms with E-state index in [0.717, 1.165) is 6.26 Å². The molecule has 1 N–H and O–H groups in total. The van der Waals surface area contributed by atoms with Crippen molar-refractivity contribution in [3.05, 3.63) is 35.5 Å². The zero-order valence-electron chi connectivity index (χ0n) is 14.8. The molecule has 0 amide bonds. The predicted octanol–water partition coefficient (Wildman–Crippen LogP) is 2.02. The highest BCUT2D eigenvalue weighted by atomic mass is 32.2. The van der Waals surface area contributed by atoms with Gasteiger partial charge in [0, 0.05) is 18.0 Å². The van der Waals surface area contributed by atoms with Crippen LogP contribution in [0.1, 0.15) is 15.9 Å². The third-order valence-electron chi connectivity index (χ3n) is 3.56. The van der Waals surface area contributed by atoms with Gasteiger partial charge in [0.05, 0.1) is 32.8 Å². The van der Waals surface area contributed by atoms with E-state index in [1.165, 1.54) is 33.6 Å². The average Bonchev–Trinajstić information content (AvgIpc) is 2.58. The number of carboxylic acids is 1. The predicted molar refractivity (Wildman–Crippen MR) is 94.8 cm³/mol. The molecule has 2 rings (SSSR count). The van der Waals surface area contributed by atoms with Crippen molar-refractivity contribution in [3.63, 3.8) is 0 Å². The van der Waals surface area contributed by atoms with Gasteiger partial charge in [0.2, 0.25) is 5.75 Å². The molecule has 0 aliphatic rings. The maximum Gasteiger partial charge on any atom is 0.339 e. The summed E-state index contributed by atoms with van der Waals surface area (Å²) in [7, 11) is 0.940. The van der Waals surface area contributed by atoms with Crippen molar-refractivity contribution < 1.29 is 32.5 Å². The largest absolute Gasteiger partial charge is 0.492 e. The number of pyridine rings is 1. The summed E-state index contributed by atoms with van der Waals surface area (Å²) in [5.74, 6) is -0.902. The van der Waals surface area contributed by atoms with Gasteiger partial charge in [-0.15, -0.1) is 0 Å². The Morgan fingerprint density at radius 1 is 1.08 bits per heavy atom. The van der Waals surface area contributed by atoms with E-state index in [1.807, 2.05) is 0 Å². The van der Waals surface area contributed by atoms with Crippen LogP contribution in [0.25, 0.3) is 11.3 Å². The van der Waals surface area contributed by atoms with E-state index in [9.17, 15) is 18.3 Å². The summed E-state index contributed by atoms with van der Waals surface area (Å²) in [6, 6.07) is 4.58. The van der Waals surface area contributed by atoms with Gasteiger partial charge in [0.15, 0.2) is 21.3 Å². The van der Waals surface area contributed by atoms with Gasteiger partial charge < -0.3 is 19.3 Å².